The van der Waals surface area contributed by atoms with Crippen molar-refractivity contribution in [3.8, 4) is 0 Å². The fourth-order valence-corrected chi connectivity index (χ4v) is 13.3. The van der Waals surface area contributed by atoms with E-state index in [1.54, 1.807) is 0 Å². The van der Waals surface area contributed by atoms with E-state index in [1.165, 1.54) is 163 Å². The number of benzene rings is 2. The third kappa shape index (κ3) is 5.72. The maximum Gasteiger partial charge on any atom is 0.248 e. The predicted octanol–water partition coefficient (Wildman–Crippen LogP) is 8.54. The lowest BCUT2D eigenvalue weighted by Gasteiger charge is -2.59. The van der Waals surface area contributed by atoms with Crippen LogP contribution in [0.3, 0.4) is 0 Å². The van der Waals surface area contributed by atoms with Gasteiger partial charge in [-0.25, -0.2) is 0 Å². The number of nitrogens with zero attached hydrogens (tertiary/aromatic N) is 2. The highest BCUT2D eigenvalue weighted by atomic mass is 16.2. The number of carbonyl (C=O) groups is 2. The van der Waals surface area contributed by atoms with Gasteiger partial charge in [-0.3, -0.25) is 19.4 Å². The molecule has 2 aromatic carbocycles. The first-order valence-electron chi connectivity index (χ1n) is 21.5. The third-order valence-corrected chi connectivity index (χ3v) is 16.3. The molecule has 2 aliphatic heterocycles. The van der Waals surface area contributed by atoms with Gasteiger partial charge in [0.1, 0.15) is 0 Å². The normalized spacial score (nSPS) is 34.2. The van der Waals surface area contributed by atoms with E-state index in [9.17, 15) is 9.59 Å². The summed E-state index contributed by atoms with van der Waals surface area (Å²) in [4.78, 5) is 32.2. The fraction of sp³-hybridized carbons (Fsp3) is 0.652. The van der Waals surface area contributed by atoms with Gasteiger partial charge in [0, 0.05) is 59.5 Å². The molecule has 0 spiro atoms. The maximum atomic E-state index is 13.2. The second kappa shape index (κ2) is 13.4. The fourth-order valence-electron chi connectivity index (χ4n) is 13.3. The van der Waals surface area contributed by atoms with Gasteiger partial charge in [-0.1, -0.05) is 50.7 Å². The number of amides is 2. The summed E-state index contributed by atoms with van der Waals surface area (Å²) in [5, 5.41) is 6.25. The summed E-state index contributed by atoms with van der Waals surface area (Å²) in [5.41, 5.74) is 8.21. The van der Waals surface area contributed by atoms with Gasteiger partial charge >= 0.3 is 0 Å². The van der Waals surface area contributed by atoms with Crippen LogP contribution < -0.4 is 10.6 Å². The lowest BCUT2D eigenvalue weighted by atomic mass is 9.52. The first-order valence-corrected chi connectivity index (χ1v) is 21.5. The molecule has 0 unspecified atom stereocenters. The summed E-state index contributed by atoms with van der Waals surface area (Å²) >= 11 is 0. The van der Waals surface area contributed by atoms with Crippen molar-refractivity contribution in [2.24, 2.45) is 23.7 Å². The molecule has 6 aliphatic carbocycles. The number of hydrogen-bond donors (Lipinski definition) is 2. The predicted molar refractivity (Wildman–Crippen MR) is 209 cm³/mol. The van der Waals surface area contributed by atoms with Crippen LogP contribution in [-0.4, -0.2) is 59.9 Å². The van der Waals surface area contributed by atoms with Gasteiger partial charge in [-0.2, -0.15) is 0 Å². The second-order valence-electron chi connectivity index (χ2n) is 18.7. The zero-order chi connectivity index (χ0) is 34.9. The van der Waals surface area contributed by atoms with Gasteiger partial charge in [0.05, 0.1) is 0 Å². The Labute approximate surface area is 311 Å². The first kappa shape index (κ1) is 33.6. The summed E-state index contributed by atoms with van der Waals surface area (Å²) in [6.45, 7) is 5.04. The average Bonchev–Trinajstić information content (AvgIpc) is 3.12. The molecule has 6 atom stereocenters. The van der Waals surface area contributed by atoms with E-state index >= 15 is 0 Å². The van der Waals surface area contributed by atoms with Gasteiger partial charge in [-0.15, -0.1) is 0 Å². The first-order chi connectivity index (χ1) is 25.5. The van der Waals surface area contributed by atoms with Crippen molar-refractivity contribution in [2.75, 3.05) is 36.8 Å². The zero-order valence-corrected chi connectivity index (χ0v) is 31.4. The minimum Gasteiger partial charge on any atom is -0.323 e. The zero-order valence-electron chi connectivity index (χ0n) is 31.4. The van der Waals surface area contributed by atoms with E-state index < -0.39 is 0 Å². The number of piperidine rings is 2. The topological polar surface area (TPSA) is 64.7 Å². The van der Waals surface area contributed by atoms with Crippen LogP contribution in [0.2, 0.25) is 0 Å². The molecule has 6 heteroatoms. The van der Waals surface area contributed by atoms with Crippen LogP contribution in [0.25, 0.3) is 0 Å². The number of likely N-dealkylation sites (tertiary alicyclic amines) is 2. The molecule has 2 heterocycles. The SMILES string of the molecule is O=C(/C=C/C(=O)Nc1ccc2c(c1)[C@]13CCCC[C@H]1[C@H](C2)N(CC1CCC1)CC3)Nc1ccc2c(c1)[C@]13CCCC[C@H]1[C@H](C2)N(CC1CCC1)CC3. The summed E-state index contributed by atoms with van der Waals surface area (Å²) in [5.74, 6) is 2.81. The minimum atomic E-state index is -0.245. The van der Waals surface area contributed by atoms with E-state index in [0.29, 0.717) is 12.1 Å². The van der Waals surface area contributed by atoms with Crippen molar-refractivity contribution in [3.63, 3.8) is 0 Å². The largest absolute Gasteiger partial charge is 0.323 e. The minimum absolute atomic E-state index is 0.245. The third-order valence-electron chi connectivity index (χ3n) is 16.3. The Balaban J connectivity index is 0.811. The number of anilines is 2. The summed E-state index contributed by atoms with van der Waals surface area (Å²) in [6.07, 6.45) is 26.7. The molecule has 4 bridgehead atoms. The molecule has 276 valence electrons. The van der Waals surface area contributed by atoms with Crippen LogP contribution in [0, 0.1) is 23.7 Å². The van der Waals surface area contributed by atoms with Gasteiger partial charge in [0.25, 0.3) is 0 Å². The number of carbonyl (C=O) groups excluding carboxylic acids is 2. The highest BCUT2D eigenvalue weighted by Gasteiger charge is 2.55. The Bertz CT molecular complexity index is 1620. The quantitative estimate of drug-likeness (QED) is 0.271. The Morgan fingerprint density at radius 1 is 0.596 bits per heavy atom. The summed E-state index contributed by atoms with van der Waals surface area (Å²) in [6, 6.07) is 14.7. The van der Waals surface area contributed by atoms with E-state index in [4.69, 9.17) is 0 Å². The van der Waals surface area contributed by atoms with Crippen molar-refractivity contribution in [2.45, 2.75) is 138 Å². The number of hydrogen-bond acceptors (Lipinski definition) is 4. The van der Waals surface area contributed by atoms with E-state index in [-0.39, 0.29) is 22.6 Å². The molecule has 6 fully saturated rings. The lowest BCUT2D eigenvalue weighted by Crippen LogP contribution is -2.61. The van der Waals surface area contributed by atoms with Crippen LogP contribution in [-0.2, 0) is 33.3 Å². The van der Waals surface area contributed by atoms with E-state index in [0.717, 1.165) is 47.9 Å². The molecule has 4 saturated carbocycles. The van der Waals surface area contributed by atoms with E-state index in [1.807, 2.05) is 0 Å². The number of nitrogens with one attached hydrogen (secondary N) is 2. The molecular weight excluding hydrogens is 641 g/mol. The molecule has 10 rings (SSSR count). The van der Waals surface area contributed by atoms with Gasteiger partial charge in [0.15, 0.2) is 0 Å². The Hall–Kier alpha value is -2.96. The maximum absolute atomic E-state index is 13.2. The molecule has 6 nitrogen and oxygen atoms in total. The van der Waals surface area contributed by atoms with Gasteiger partial charge in [-0.05, 0) is 160 Å². The van der Waals surface area contributed by atoms with Crippen LogP contribution in [0.1, 0.15) is 125 Å². The highest BCUT2D eigenvalue weighted by molar-refractivity contribution is 6.07. The van der Waals surface area contributed by atoms with Crippen molar-refractivity contribution in [1.29, 1.82) is 0 Å². The van der Waals surface area contributed by atoms with Crippen LogP contribution in [0.5, 0.6) is 0 Å². The molecule has 0 aromatic heterocycles. The van der Waals surface area contributed by atoms with Crippen LogP contribution in [0.15, 0.2) is 48.6 Å². The van der Waals surface area contributed by atoms with Gasteiger partial charge < -0.3 is 10.6 Å². The van der Waals surface area contributed by atoms with E-state index in [2.05, 4.69) is 56.8 Å². The van der Waals surface area contributed by atoms with Crippen molar-refractivity contribution >= 4 is 23.2 Å². The smallest absolute Gasteiger partial charge is 0.248 e. The number of fused-ring (bicyclic) bond motifs is 2. The molecule has 2 saturated heterocycles. The Morgan fingerprint density at radius 2 is 1.06 bits per heavy atom. The molecule has 2 amide bonds. The van der Waals surface area contributed by atoms with Crippen molar-refractivity contribution < 1.29 is 9.59 Å². The molecule has 0 radical (unpaired) electrons. The summed E-state index contributed by atoms with van der Waals surface area (Å²) < 4.78 is 0. The molecule has 2 N–H and O–H groups in total. The highest BCUT2D eigenvalue weighted by Crippen LogP contribution is 2.58. The van der Waals surface area contributed by atoms with Crippen LogP contribution >= 0.6 is 0 Å². The summed E-state index contributed by atoms with van der Waals surface area (Å²) in [7, 11) is 0. The van der Waals surface area contributed by atoms with Gasteiger partial charge in [0.2, 0.25) is 11.8 Å². The average molecular weight is 701 g/mol. The van der Waals surface area contributed by atoms with Crippen molar-refractivity contribution in [3.05, 3.63) is 70.8 Å². The Morgan fingerprint density at radius 3 is 1.48 bits per heavy atom. The standard InChI is InChI=1S/C46H60N4O2/c51-43(47-35-15-13-33-25-41-37-11-1-3-19-45(37,39(33)27-35)21-23-49(41)29-31-7-5-8-31)17-18-44(52)48-36-16-14-34-26-42-38-12-2-4-20-46(38,40(34)28-36)22-24-50(42)30-32-9-6-10-32/h13-18,27-28,31-32,37-38,41-42H,1-12,19-26,29-30H2,(H,47,51)(H,48,52)/b18-17+/t37-,38-,41-,42-,45-,46-/m0/s1. The molecule has 8 aliphatic rings. The number of rotatable bonds is 8. The molecular formula is C46H60N4O2. The monoisotopic (exact) mass is 700 g/mol. The Kier molecular flexibility index (Phi) is 8.66. The van der Waals surface area contributed by atoms with Crippen LogP contribution in [0.4, 0.5) is 11.4 Å². The second-order valence-corrected chi connectivity index (χ2v) is 18.7. The van der Waals surface area contributed by atoms with Crippen molar-refractivity contribution in [1.82, 2.24) is 9.80 Å². The molecule has 2 aromatic rings. The molecule has 52 heavy (non-hydrogen) atoms. The lowest BCUT2D eigenvalue weighted by molar-refractivity contribution is -0.114.